The number of morpholine rings is 1. The molecular weight excluding hydrogens is 518 g/mol. The van der Waals surface area contributed by atoms with Crippen molar-refractivity contribution < 1.29 is 19.7 Å². The van der Waals surface area contributed by atoms with Crippen molar-refractivity contribution in [1.29, 1.82) is 0 Å². The molecule has 0 aliphatic carbocycles. The SMILES string of the molecule is O=C(O)c1c(Nc2c(CN3CCOCC3)cnc3ccc(Br)cc23)ccc(Br)c1O. The molecule has 0 unspecified atom stereocenters. The molecule has 0 saturated carbocycles. The number of fused-ring (bicyclic) bond motifs is 1. The van der Waals surface area contributed by atoms with Gasteiger partial charge in [-0.3, -0.25) is 9.88 Å². The van der Waals surface area contributed by atoms with Crippen LogP contribution >= 0.6 is 31.9 Å². The lowest BCUT2D eigenvalue weighted by Gasteiger charge is -2.28. The fourth-order valence-corrected chi connectivity index (χ4v) is 4.19. The number of pyridine rings is 1. The lowest BCUT2D eigenvalue weighted by molar-refractivity contribution is 0.0342. The summed E-state index contributed by atoms with van der Waals surface area (Å²) >= 11 is 6.70. The van der Waals surface area contributed by atoms with E-state index in [1.54, 1.807) is 12.1 Å². The maximum Gasteiger partial charge on any atom is 0.341 e. The van der Waals surface area contributed by atoms with Gasteiger partial charge in [-0.15, -0.1) is 0 Å². The molecule has 0 spiro atoms. The Balaban J connectivity index is 1.84. The lowest BCUT2D eigenvalue weighted by atomic mass is 10.1. The van der Waals surface area contributed by atoms with E-state index in [0.29, 0.717) is 29.9 Å². The molecule has 0 bridgehead atoms. The van der Waals surface area contributed by atoms with Gasteiger partial charge in [0.15, 0.2) is 0 Å². The van der Waals surface area contributed by atoms with E-state index in [1.165, 1.54) is 0 Å². The first kappa shape index (κ1) is 21.0. The molecule has 1 saturated heterocycles. The van der Waals surface area contributed by atoms with E-state index < -0.39 is 5.97 Å². The number of phenols is 1. The number of aromatic carboxylic acids is 1. The Hall–Kier alpha value is -2.20. The van der Waals surface area contributed by atoms with Gasteiger partial charge in [-0.05, 0) is 46.3 Å². The molecule has 2 heterocycles. The van der Waals surface area contributed by atoms with E-state index in [0.717, 1.165) is 39.7 Å². The first-order valence-corrected chi connectivity index (χ1v) is 10.9. The van der Waals surface area contributed by atoms with Gasteiger partial charge < -0.3 is 20.3 Å². The molecule has 1 aromatic heterocycles. The third-order valence-electron chi connectivity index (χ3n) is 5.01. The molecular formula is C21H19Br2N3O4. The van der Waals surface area contributed by atoms with Crippen LogP contribution in [0.25, 0.3) is 10.9 Å². The highest BCUT2D eigenvalue weighted by molar-refractivity contribution is 9.10. The number of aromatic nitrogens is 1. The van der Waals surface area contributed by atoms with Crippen LogP contribution in [0.5, 0.6) is 5.75 Å². The number of hydrogen-bond donors (Lipinski definition) is 3. The average molecular weight is 537 g/mol. The summed E-state index contributed by atoms with van der Waals surface area (Å²) in [7, 11) is 0. The number of carboxylic acid groups (broad SMARTS) is 1. The molecule has 0 amide bonds. The Morgan fingerprint density at radius 2 is 1.97 bits per heavy atom. The Bertz CT molecular complexity index is 1120. The van der Waals surface area contributed by atoms with Crippen LogP contribution in [0, 0.1) is 0 Å². The van der Waals surface area contributed by atoms with Gasteiger partial charge >= 0.3 is 5.97 Å². The summed E-state index contributed by atoms with van der Waals surface area (Å²) in [6, 6.07) is 9.02. The van der Waals surface area contributed by atoms with Gasteiger partial charge in [0, 0.05) is 41.3 Å². The highest BCUT2D eigenvalue weighted by Crippen LogP contribution is 2.38. The number of halogens is 2. The Morgan fingerprint density at radius 1 is 1.20 bits per heavy atom. The maximum absolute atomic E-state index is 11.8. The summed E-state index contributed by atoms with van der Waals surface area (Å²) in [5, 5.41) is 24.1. The van der Waals surface area contributed by atoms with E-state index >= 15 is 0 Å². The zero-order valence-electron chi connectivity index (χ0n) is 15.9. The lowest BCUT2D eigenvalue weighted by Crippen LogP contribution is -2.35. The summed E-state index contributed by atoms with van der Waals surface area (Å²) in [5.74, 6) is -1.53. The second kappa shape index (κ2) is 8.89. The van der Waals surface area contributed by atoms with Crippen LogP contribution in [-0.4, -0.2) is 52.4 Å². The van der Waals surface area contributed by atoms with Crippen LogP contribution in [0.1, 0.15) is 15.9 Å². The molecule has 0 radical (unpaired) electrons. The summed E-state index contributed by atoms with van der Waals surface area (Å²) in [4.78, 5) is 18.7. The molecule has 0 atom stereocenters. The first-order chi connectivity index (χ1) is 14.4. The Morgan fingerprint density at radius 3 is 2.70 bits per heavy atom. The van der Waals surface area contributed by atoms with Gasteiger partial charge in [0.05, 0.1) is 34.6 Å². The molecule has 1 fully saturated rings. The number of rotatable bonds is 5. The monoisotopic (exact) mass is 535 g/mol. The van der Waals surface area contributed by atoms with Crippen molar-refractivity contribution in [2.75, 3.05) is 31.6 Å². The van der Waals surface area contributed by atoms with E-state index in [2.05, 4.69) is 47.1 Å². The minimum Gasteiger partial charge on any atom is -0.506 e. The Labute approximate surface area is 189 Å². The number of nitrogens with zero attached hydrogens (tertiary/aromatic N) is 2. The normalized spacial score (nSPS) is 14.7. The van der Waals surface area contributed by atoms with Crippen molar-refractivity contribution in [1.82, 2.24) is 9.88 Å². The largest absolute Gasteiger partial charge is 0.506 e. The molecule has 2 aromatic carbocycles. The van der Waals surface area contributed by atoms with Gasteiger partial charge in [0.1, 0.15) is 11.3 Å². The molecule has 7 nitrogen and oxygen atoms in total. The molecule has 4 rings (SSSR count). The van der Waals surface area contributed by atoms with Crippen LogP contribution in [0.3, 0.4) is 0 Å². The smallest absolute Gasteiger partial charge is 0.341 e. The zero-order chi connectivity index (χ0) is 21.3. The van der Waals surface area contributed by atoms with Gasteiger partial charge in [-0.1, -0.05) is 15.9 Å². The van der Waals surface area contributed by atoms with Crippen molar-refractivity contribution in [2.24, 2.45) is 0 Å². The quantitative estimate of drug-likeness (QED) is 0.433. The zero-order valence-corrected chi connectivity index (χ0v) is 19.0. The summed E-state index contributed by atoms with van der Waals surface area (Å²) in [5.41, 5.74) is 2.59. The average Bonchev–Trinajstić information content (AvgIpc) is 2.73. The Kier molecular flexibility index (Phi) is 6.24. The van der Waals surface area contributed by atoms with Crippen LogP contribution in [-0.2, 0) is 11.3 Å². The molecule has 1 aliphatic rings. The summed E-state index contributed by atoms with van der Waals surface area (Å²) < 4.78 is 6.65. The second-order valence-corrected chi connectivity index (χ2v) is 8.73. The number of carbonyl (C=O) groups is 1. The third-order valence-corrected chi connectivity index (χ3v) is 6.14. The predicted molar refractivity (Wildman–Crippen MR) is 122 cm³/mol. The van der Waals surface area contributed by atoms with E-state index in [1.807, 2.05) is 24.4 Å². The van der Waals surface area contributed by atoms with Crippen LogP contribution < -0.4 is 5.32 Å². The molecule has 9 heteroatoms. The van der Waals surface area contributed by atoms with Gasteiger partial charge in [0.25, 0.3) is 0 Å². The molecule has 1 aliphatic heterocycles. The fraction of sp³-hybridized carbons (Fsp3) is 0.238. The third kappa shape index (κ3) is 4.29. The molecule has 3 aromatic rings. The molecule has 3 N–H and O–H groups in total. The van der Waals surface area contributed by atoms with Crippen LogP contribution in [0.4, 0.5) is 11.4 Å². The van der Waals surface area contributed by atoms with E-state index in [9.17, 15) is 15.0 Å². The highest BCUT2D eigenvalue weighted by Gasteiger charge is 2.21. The molecule has 156 valence electrons. The van der Waals surface area contributed by atoms with E-state index in [4.69, 9.17) is 4.74 Å². The maximum atomic E-state index is 11.8. The fourth-order valence-electron chi connectivity index (χ4n) is 3.49. The second-order valence-electron chi connectivity index (χ2n) is 6.96. The number of carboxylic acids is 1. The molecule has 30 heavy (non-hydrogen) atoms. The van der Waals surface area contributed by atoms with Crippen molar-refractivity contribution in [2.45, 2.75) is 6.54 Å². The van der Waals surface area contributed by atoms with Crippen molar-refractivity contribution >= 4 is 60.1 Å². The van der Waals surface area contributed by atoms with Crippen molar-refractivity contribution in [3.63, 3.8) is 0 Å². The van der Waals surface area contributed by atoms with Crippen molar-refractivity contribution in [3.05, 3.63) is 56.6 Å². The highest BCUT2D eigenvalue weighted by atomic mass is 79.9. The number of hydrogen-bond acceptors (Lipinski definition) is 6. The summed E-state index contributed by atoms with van der Waals surface area (Å²) in [6.07, 6.45) is 1.81. The van der Waals surface area contributed by atoms with Gasteiger partial charge in [-0.25, -0.2) is 4.79 Å². The number of benzene rings is 2. The van der Waals surface area contributed by atoms with E-state index in [-0.39, 0.29) is 11.3 Å². The van der Waals surface area contributed by atoms with Crippen LogP contribution in [0.15, 0.2) is 45.5 Å². The standard InChI is InChI=1S/C21H19Br2N3O4/c22-13-1-3-16-14(9-13)19(12(10-24-16)11-26-5-7-30-8-6-26)25-17-4-2-15(23)20(27)18(17)21(28)29/h1-4,9-10,27H,5-8,11H2,(H,24,25)(H,28,29). The summed E-state index contributed by atoms with van der Waals surface area (Å²) in [6.45, 7) is 3.63. The first-order valence-electron chi connectivity index (χ1n) is 9.33. The number of anilines is 2. The number of ether oxygens (including phenoxy) is 1. The topological polar surface area (TPSA) is 94.9 Å². The number of aromatic hydroxyl groups is 1. The minimum absolute atomic E-state index is 0.193. The minimum atomic E-state index is -1.22. The number of nitrogens with one attached hydrogen (secondary N) is 1. The van der Waals surface area contributed by atoms with Crippen LogP contribution in [0.2, 0.25) is 0 Å². The van der Waals surface area contributed by atoms with Gasteiger partial charge in [-0.2, -0.15) is 0 Å². The predicted octanol–water partition coefficient (Wildman–Crippen LogP) is 4.74. The van der Waals surface area contributed by atoms with Crippen molar-refractivity contribution in [3.8, 4) is 5.75 Å². The van der Waals surface area contributed by atoms with Gasteiger partial charge in [0.2, 0.25) is 0 Å².